The SMILES string of the molecule is CC(=O)N1N=C(Cc2n[nH]c(=O)[nH]c2=O)O[C@H]1c1cccc([N+](=O)[O-])c1. The third-order valence-corrected chi connectivity index (χ3v) is 3.48. The highest BCUT2D eigenvalue weighted by molar-refractivity contribution is 5.83. The van der Waals surface area contributed by atoms with Crippen molar-refractivity contribution in [1.29, 1.82) is 0 Å². The van der Waals surface area contributed by atoms with Crippen LogP contribution in [0.5, 0.6) is 0 Å². The number of amides is 1. The first kappa shape index (κ1) is 17.0. The third kappa shape index (κ3) is 3.33. The predicted octanol–water partition coefficient (Wildman–Crippen LogP) is -0.200. The molecule has 2 N–H and O–H groups in total. The number of benzene rings is 1. The van der Waals surface area contributed by atoms with Crippen molar-refractivity contribution >= 4 is 17.5 Å². The summed E-state index contributed by atoms with van der Waals surface area (Å²) in [5, 5.41) is 21.6. The van der Waals surface area contributed by atoms with Crippen LogP contribution in [-0.4, -0.2) is 36.9 Å². The number of hydrogen-bond donors (Lipinski definition) is 2. The number of nitrogens with one attached hydrogen (secondary N) is 2. The fraction of sp³-hybridized carbons (Fsp3) is 0.214. The first-order valence-corrected chi connectivity index (χ1v) is 7.31. The van der Waals surface area contributed by atoms with Crippen LogP contribution in [0.4, 0.5) is 5.69 Å². The summed E-state index contributed by atoms with van der Waals surface area (Å²) in [6.45, 7) is 1.26. The zero-order chi connectivity index (χ0) is 18.8. The van der Waals surface area contributed by atoms with E-state index in [0.717, 1.165) is 5.01 Å². The molecule has 1 aromatic heterocycles. The fourth-order valence-corrected chi connectivity index (χ4v) is 2.32. The van der Waals surface area contributed by atoms with Gasteiger partial charge in [-0.1, -0.05) is 12.1 Å². The average molecular weight is 360 g/mol. The number of carbonyl (C=O) groups excluding carboxylic acids is 1. The van der Waals surface area contributed by atoms with Gasteiger partial charge in [0.2, 0.25) is 18.0 Å². The maximum atomic E-state index is 11.8. The second kappa shape index (κ2) is 6.58. The fourth-order valence-electron chi connectivity index (χ4n) is 2.32. The van der Waals surface area contributed by atoms with Crippen molar-refractivity contribution in [3.05, 3.63) is 66.5 Å². The normalized spacial score (nSPS) is 16.1. The van der Waals surface area contributed by atoms with Crippen molar-refractivity contribution in [3.8, 4) is 0 Å². The minimum atomic E-state index is -1.01. The second-order valence-electron chi connectivity index (χ2n) is 5.31. The maximum Gasteiger partial charge on any atom is 0.342 e. The third-order valence-electron chi connectivity index (χ3n) is 3.48. The van der Waals surface area contributed by atoms with Gasteiger partial charge in [0.1, 0.15) is 5.69 Å². The Bertz CT molecular complexity index is 1020. The molecule has 0 bridgehead atoms. The molecule has 12 nitrogen and oxygen atoms in total. The summed E-state index contributed by atoms with van der Waals surface area (Å²) in [7, 11) is 0. The molecule has 1 aliphatic rings. The Morgan fingerprint density at radius 1 is 1.42 bits per heavy atom. The van der Waals surface area contributed by atoms with Gasteiger partial charge in [-0.25, -0.2) is 9.89 Å². The van der Waals surface area contributed by atoms with Gasteiger partial charge in [-0.05, 0) is 0 Å². The highest BCUT2D eigenvalue weighted by Gasteiger charge is 2.33. The van der Waals surface area contributed by atoms with Crippen LogP contribution in [0.15, 0.2) is 39.0 Å². The van der Waals surface area contributed by atoms with E-state index in [1.807, 2.05) is 4.98 Å². The number of non-ortho nitro benzene ring substituents is 1. The Morgan fingerprint density at radius 2 is 2.19 bits per heavy atom. The molecule has 0 unspecified atom stereocenters. The number of carbonyl (C=O) groups is 1. The van der Waals surface area contributed by atoms with Crippen LogP contribution >= 0.6 is 0 Å². The van der Waals surface area contributed by atoms with Gasteiger partial charge in [0, 0.05) is 24.6 Å². The van der Waals surface area contributed by atoms with Crippen LogP contribution in [0.2, 0.25) is 0 Å². The Morgan fingerprint density at radius 3 is 2.85 bits per heavy atom. The molecular formula is C14H12N6O6. The zero-order valence-corrected chi connectivity index (χ0v) is 13.3. The van der Waals surface area contributed by atoms with Gasteiger partial charge in [0.25, 0.3) is 11.2 Å². The number of rotatable bonds is 4. The van der Waals surface area contributed by atoms with E-state index in [0.29, 0.717) is 5.56 Å². The topological polar surface area (TPSA) is 164 Å². The number of H-pyrrole nitrogens is 2. The number of hydrogen-bond acceptors (Lipinski definition) is 8. The summed E-state index contributed by atoms with van der Waals surface area (Å²) >= 11 is 0. The molecule has 0 saturated heterocycles. The molecule has 0 aliphatic carbocycles. The van der Waals surface area contributed by atoms with Crippen molar-refractivity contribution < 1.29 is 14.5 Å². The van der Waals surface area contributed by atoms with Crippen LogP contribution in [0.25, 0.3) is 0 Å². The Hall–Kier alpha value is -3.83. The average Bonchev–Trinajstić information content (AvgIpc) is 3.02. The van der Waals surface area contributed by atoms with E-state index in [1.54, 1.807) is 6.07 Å². The van der Waals surface area contributed by atoms with Gasteiger partial charge in [-0.2, -0.15) is 10.1 Å². The first-order chi connectivity index (χ1) is 12.3. The van der Waals surface area contributed by atoms with Crippen molar-refractivity contribution in [2.24, 2.45) is 5.10 Å². The summed E-state index contributed by atoms with van der Waals surface area (Å²) in [5.74, 6) is -0.457. The molecule has 1 aliphatic heterocycles. The summed E-state index contributed by atoms with van der Waals surface area (Å²) < 4.78 is 5.59. The molecule has 26 heavy (non-hydrogen) atoms. The quantitative estimate of drug-likeness (QED) is 0.563. The smallest absolute Gasteiger partial charge is 0.342 e. The van der Waals surface area contributed by atoms with E-state index < -0.39 is 28.3 Å². The molecule has 0 radical (unpaired) electrons. The lowest BCUT2D eigenvalue weighted by Crippen LogP contribution is -2.28. The van der Waals surface area contributed by atoms with E-state index in [4.69, 9.17) is 4.74 Å². The molecule has 1 aromatic carbocycles. The predicted molar refractivity (Wildman–Crippen MR) is 86.1 cm³/mol. The van der Waals surface area contributed by atoms with Gasteiger partial charge in [-0.15, -0.1) is 5.10 Å². The lowest BCUT2D eigenvalue weighted by atomic mass is 10.1. The lowest BCUT2D eigenvalue weighted by molar-refractivity contribution is -0.385. The van der Waals surface area contributed by atoms with Crippen LogP contribution in [0, 0.1) is 10.1 Å². The number of nitrogens with zero attached hydrogens (tertiary/aromatic N) is 4. The number of aromatic amines is 2. The van der Waals surface area contributed by atoms with Gasteiger partial charge >= 0.3 is 5.69 Å². The molecule has 0 spiro atoms. The first-order valence-electron chi connectivity index (χ1n) is 7.31. The summed E-state index contributed by atoms with van der Waals surface area (Å²) in [5.41, 5.74) is -1.36. The van der Waals surface area contributed by atoms with E-state index in [-0.39, 0.29) is 23.7 Å². The van der Waals surface area contributed by atoms with Crippen molar-refractivity contribution in [1.82, 2.24) is 20.2 Å². The van der Waals surface area contributed by atoms with Crippen molar-refractivity contribution in [3.63, 3.8) is 0 Å². The minimum absolute atomic E-state index is 0.00163. The molecule has 3 rings (SSSR count). The lowest BCUT2D eigenvalue weighted by Gasteiger charge is -2.19. The zero-order valence-electron chi connectivity index (χ0n) is 13.3. The Balaban J connectivity index is 1.89. The summed E-state index contributed by atoms with van der Waals surface area (Å²) in [6.07, 6.45) is -1.19. The van der Waals surface area contributed by atoms with E-state index in [2.05, 4.69) is 15.3 Å². The van der Waals surface area contributed by atoms with Gasteiger partial charge < -0.3 is 4.74 Å². The van der Waals surface area contributed by atoms with E-state index in [1.165, 1.54) is 25.1 Å². The Kier molecular flexibility index (Phi) is 4.31. The number of nitro groups is 1. The molecule has 12 heteroatoms. The summed E-state index contributed by atoms with van der Waals surface area (Å²) in [4.78, 5) is 46.9. The molecule has 2 aromatic rings. The van der Waals surface area contributed by atoms with Gasteiger partial charge in [0.15, 0.2) is 0 Å². The molecule has 134 valence electrons. The number of hydrazone groups is 1. The minimum Gasteiger partial charge on any atom is -0.449 e. The number of ether oxygens (including phenoxy) is 1. The molecular weight excluding hydrogens is 348 g/mol. The van der Waals surface area contributed by atoms with Crippen LogP contribution in [-0.2, 0) is 16.0 Å². The monoisotopic (exact) mass is 360 g/mol. The summed E-state index contributed by atoms with van der Waals surface area (Å²) in [6, 6.07) is 5.59. The standard InChI is InChI=1S/C14H12N6O6/c1-7(21)19-13(8-3-2-4-9(5-8)20(24)25)26-11(18-19)6-10-12(22)15-14(23)17-16-10/h2-5,13H,6H2,1H3,(H2,15,17,22,23)/t13-/m0/s1. The van der Waals surface area contributed by atoms with Crippen LogP contribution in [0.1, 0.15) is 24.4 Å². The number of aromatic nitrogens is 3. The maximum absolute atomic E-state index is 11.8. The Labute approximate surface area is 144 Å². The van der Waals surface area contributed by atoms with E-state index >= 15 is 0 Å². The van der Waals surface area contributed by atoms with E-state index in [9.17, 15) is 24.5 Å². The van der Waals surface area contributed by atoms with Crippen LogP contribution in [0.3, 0.4) is 0 Å². The van der Waals surface area contributed by atoms with Crippen molar-refractivity contribution in [2.75, 3.05) is 0 Å². The highest BCUT2D eigenvalue weighted by atomic mass is 16.6. The highest BCUT2D eigenvalue weighted by Crippen LogP contribution is 2.30. The van der Waals surface area contributed by atoms with Gasteiger partial charge in [-0.3, -0.25) is 24.7 Å². The number of nitro benzene ring substituents is 1. The van der Waals surface area contributed by atoms with Crippen molar-refractivity contribution in [2.45, 2.75) is 19.6 Å². The van der Waals surface area contributed by atoms with Crippen LogP contribution < -0.4 is 11.2 Å². The largest absolute Gasteiger partial charge is 0.449 e. The second-order valence-corrected chi connectivity index (χ2v) is 5.31. The molecule has 0 saturated carbocycles. The molecule has 2 heterocycles. The molecule has 0 fully saturated rings. The molecule has 1 amide bonds. The van der Waals surface area contributed by atoms with Gasteiger partial charge in [0.05, 0.1) is 11.3 Å². The molecule has 1 atom stereocenters.